The van der Waals surface area contributed by atoms with Gasteiger partial charge in [0.2, 0.25) is 0 Å². The smallest absolute Gasteiger partial charge is 0.145 e. The number of hydrogen-bond donors (Lipinski definition) is 2. The molecule has 0 bridgehead atoms. The van der Waals surface area contributed by atoms with Crippen LogP contribution in [0.15, 0.2) is 30.6 Å². The third kappa shape index (κ3) is 2.91. The number of aromatic amines is 1. The summed E-state index contributed by atoms with van der Waals surface area (Å²) in [6, 6.07) is 8.12. The Balaban J connectivity index is 2.21. The maximum Gasteiger partial charge on any atom is 0.145 e. The van der Waals surface area contributed by atoms with E-state index in [-0.39, 0.29) is 6.04 Å². The fraction of sp³-hybridized carbons (Fsp3) is 0.385. The van der Waals surface area contributed by atoms with Crippen molar-refractivity contribution < 1.29 is 0 Å². The van der Waals surface area contributed by atoms with E-state index in [1.54, 1.807) is 0 Å². The number of nitrogens with one attached hydrogen (secondary N) is 1. The quantitative estimate of drug-likeness (QED) is 0.844. The maximum absolute atomic E-state index is 6.13. The predicted molar refractivity (Wildman–Crippen MR) is 67.4 cm³/mol. The SMILES string of the molecule is CC(C)Cc1cccc(C(N)c2ncn[nH]2)c1. The number of H-pyrrole nitrogens is 1. The Hall–Kier alpha value is -1.68. The molecule has 1 aromatic carbocycles. The second-order valence-corrected chi connectivity index (χ2v) is 4.69. The zero-order valence-corrected chi connectivity index (χ0v) is 10.2. The first kappa shape index (κ1) is 11.8. The summed E-state index contributed by atoms with van der Waals surface area (Å²) < 4.78 is 0. The molecule has 2 aromatic rings. The van der Waals surface area contributed by atoms with Crippen LogP contribution in [-0.2, 0) is 6.42 Å². The van der Waals surface area contributed by atoms with Gasteiger partial charge in [-0.15, -0.1) is 0 Å². The van der Waals surface area contributed by atoms with Crippen molar-refractivity contribution in [3.8, 4) is 0 Å². The van der Waals surface area contributed by atoms with Crippen molar-refractivity contribution in [2.45, 2.75) is 26.3 Å². The lowest BCUT2D eigenvalue weighted by atomic mass is 9.98. The first-order chi connectivity index (χ1) is 8.16. The predicted octanol–water partition coefficient (Wildman–Crippen LogP) is 2.05. The zero-order chi connectivity index (χ0) is 12.3. The molecule has 0 saturated heterocycles. The molecule has 3 N–H and O–H groups in total. The van der Waals surface area contributed by atoms with E-state index >= 15 is 0 Å². The molecule has 0 aliphatic carbocycles. The van der Waals surface area contributed by atoms with Crippen molar-refractivity contribution in [1.82, 2.24) is 15.2 Å². The highest BCUT2D eigenvalue weighted by atomic mass is 15.2. The highest BCUT2D eigenvalue weighted by Crippen LogP contribution is 2.18. The third-order valence-corrected chi connectivity index (χ3v) is 2.68. The van der Waals surface area contributed by atoms with Crippen LogP contribution in [0, 0.1) is 5.92 Å². The average molecular weight is 230 g/mol. The molecular weight excluding hydrogens is 212 g/mol. The Morgan fingerprint density at radius 1 is 1.35 bits per heavy atom. The van der Waals surface area contributed by atoms with Crippen LogP contribution in [-0.4, -0.2) is 15.2 Å². The van der Waals surface area contributed by atoms with Crippen LogP contribution in [0.2, 0.25) is 0 Å². The monoisotopic (exact) mass is 230 g/mol. The van der Waals surface area contributed by atoms with E-state index in [9.17, 15) is 0 Å². The molecule has 1 atom stereocenters. The minimum Gasteiger partial charge on any atom is -0.318 e. The summed E-state index contributed by atoms with van der Waals surface area (Å²) in [5.74, 6) is 1.35. The van der Waals surface area contributed by atoms with Gasteiger partial charge in [-0.25, -0.2) is 4.98 Å². The van der Waals surface area contributed by atoms with Crippen LogP contribution in [0.5, 0.6) is 0 Å². The number of hydrogen-bond acceptors (Lipinski definition) is 3. The van der Waals surface area contributed by atoms with E-state index in [4.69, 9.17) is 5.73 Å². The molecule has 0 amide bonds. The molecule has 17 heavy (non-hydrogen) atoms. The normalized spacial score (nSPS) is 12.9. The van der Waals surface area contributed by atoms with Crippen LogP contribution < -0.4 is 5.73 Å². The molecule has 0 spiro atoms. The molecule has 1 unspecified atom stereocenters. The molecule has 4 heteroatoms. The minimum absolute atomic E-state index is 0.232. The van der Waals surface area contributed by atoms with Gasteiger partial charge in [0.05, 0.1) is 6.04 Å². The van der Waals surface area contributed by atoms with Gasteiger partial charge in [0.1, 0.15) is 12.2 Å². The van der Waals surface area contributed by atoms with E-state index < -0.39 is 0 Å². The van der Waals surface area contributed by atoms with Gasteiger partial charge in [0, 0.05) is 0 Å². The molecular formula is C13H18N4. The van der Waals surface area contributed by atoms with Crippen molar-refractivity contribution in [2.24, 2.45) is 11.7 Å². The van der Waals surface area contributed by atoms with Crippen molar-refractivity contribution in [2.75, 3.05) is 0 Å². The van der Waals surface area contributed by atoms with Gasteiger partial charge in [-0.1, -0.05) is 38.1 Å². The van der Waals surface area contributed by atoms with Crippen molar-refractivity contribution >= 4 is 0 Å². The van der Waals surface area contributed by atoms with Gasteiger partial charge in [-0.05, 0) is 23.5 Å². The van der Waals surface area contributed by atoms with Gasteiger partial charge in [-0.3, -0.25) is 5.10 Å². The van der Waals surface area contributed by atoms with Gasteiger partial charge in [-0.2, -0.15) is 5.10 Å². The molecule has 0 radical (unpaired) electrons. The Bertz CT molecular complexity index is 462. The lowest BCUT2D eigenvalue weighted by molar-refractivity contribution is 0.646. The number of aromatic nitrogens is 3. The van der Waals surface area contributed by atoms with E-state index in [0.29, 0.717) is 11.7 Å². The summed E-state index contributed by atoms with van der Waals surface area (Å²) in [5, 5.41) is 6.63. The number of rotatable bonds is 4. The van der Waals surface area contributed by atoms with Crippen molar-refractivity contribution in [3.05, 3.63) is 47.5 Å². The topological polar surface area (TPSA) is 67.6 Å². The standard InChI is InChI=1S/C13H18N4/c1-9(2)6-10-4-3-5-11(7-10)12(14)13-15-8-16-17-13/h3-5,7-9,12H,6,14H2,1-2H3,(H,15,16,17). The molecule has 0 aliphatic rings. The Morgan fingerprint density at radius 2 is 2.18 bits per heavy atom. The number of benzene rings is 1. The highest BCUT2D eigenvalue weighted by Gasteiger charge is 2.12. The summed E-state index contributed by atoms with van der Waals surface area (Å²) in [6.07, 6.45) is 2.55. The molecule has 0 saturated carbocycles. The summed E-state index contributed by atoms with van der Waals surface area (Å²) in [5.41, 5.74) is 8.51. The second kappa shape index (κ2) is 5.10. The fourth-order valence-corrected chi connectivity index (χ4v) is 1.91. The van der Waals surface area contributed by atoms with Gasteiger partial charge >= 0.3 is 0 Å². The van der Waals surface area contributed by atoms with Crippen LogP contribution in [0.3, 0.4) is 0 Å². The van der Waals surface area contributed by atoms with Crippen LogP contribution in [0.1, 0.15) is 36.8 Å². The Kier molecular flexibility index (Phi) is 3.54. The van der Waals surface area contributed by atoms with Crippen molar-refractivity contribution in [1.29, 1.82) is 0 Å². The zero-order valence-electron chi connectivity index (χ0n) is 10.2. The Morgan fingerprint density at radius 3 is 2.82 bits per heavy atom. The second-order valence-electron chi connectivity index (χ2n) is 4.69. The summed E-state index contributed by atoms with van der Waals surface area (Å²) >= 11 is 0. The van der Waals surface area contributed by atoms with E-state index in [2.05, 4.69) is 41.2 Å². The first-order valence-corrected chi connectivity index (χ1v) is 5.86. The van der Waals surface area contributed by atoms with Gasteiger partial charge in [0.25, 0.3) is 0 Å². The van der Waals surface area contributed by atoms with Gasteiger partial charge in [0.15, 0.2) is 0 Å². The maximum atomic E-state index is 6.13. The summed E-state index contributed by atoms with van der Waals surface area (Å²) in [6.45, 7) is 4.42. The molecule has 4 nitrogen and oxygen atoms in total. The number of nitrogens with two attached hydrogens (primary N) is 1. The van der Waals surface area contributed by atoms with E-state index in [1.165, 1.54) is 11.9 Å². The third-order valence-electron chi connectivity index (χ3n) is 2.68. The molecule has 1 heterocycles. The highest BCUT2D eigenvalue weighted by molar-refractivity contribution is 5.29. The lowest BCUT2D eigenvalue weighted by Crippen LogP contribution is -2.14. The summed E-state index contributed by atoms with van der Waals surface area (Å²) in [4.78, 5) is 4.09. The fourth-order valence-electron chi connectivity index (χ4n) is 1.91. The van der Waals surface area contributed by atoms with Crippen LogP contribution in [0.25, 0.3) is 0 Å². The van der Waals surface area contributed by atoms with Crippen LogP contribution in [0.4, 0.5) is 0 Å². The lowest BCUT2D eigenvalue weighted by Gasteiger charge is -2.11. The van der Waals surface area contributed by atoms with Gasteiger partial charge < -0.3 is 5.73 Å². The molecule has 90 valence electrons. The Labute approximate surface area is 101 Å². The minimum atomic E-state index is -0.232. The van der Waals surface area contributed by atoms with Crippen LogP contribution >= 0.6 is 0 Å². The molecule has 1 aromatic heterocycles. The molecule has 0 aliphatic heterocycles. The van der Waals surface area contributed by atoms with Crippen molar-refractivity contribution in [3.63, 3.8) is 0 Å². The molecule has 0 fully saturated rings. The average Bonchev–Trinajstić information content (AvgIpc) is 2.81. The van der Waals surface area contributed by atoms with E-state index in [0.717, 1.165) is 12.0 Å². The largest absolute Gasteiger partial charge is 0.318 e. The number of nitrogens with zero attached hydrogens (tertiary/aromatic N) is 2. The summed E-state index contributed by atoms with van der Waals surface area (Å²) in [7, 11) is 0. The van der Waals surface area contributed by atoms with E-state index in [1.807, 2.05) is 12.1 Å². The first-order valence-electron chi connectivity index (χ1n) is 5.86. The molecule has 2 rings (SSSR count).